The second kappa shape index (κ2) is 4.92. The summed E-state index contributed by atoms with van der Waals surface area (Å²) in [6, 6.07) is 10.4. The highest BCUT2D eigenvalue weighted by molar-refractivity contribution is 6.61. The van der Waals surface area contributed by atoms with Crippen molar-refractivity contribution in [2.45, 2.75) is 38.9 Å². The van der Waals surface area contributed by atoms with E-state index in [-0.39, 0.29) is 0 Å². The first kappa shape index (κ1) is 10.9. The van der Waals surface area contributed by atoms with E-state index in [0.717, 1.165) is 12.8 Å². The van der Waals surface area contributed by atoms with Crippen molar-refractivity contribution in [2.75, 3.05) is 0 Å². The van der Waals surface area contributed by atoms with E-state index in [1.807, 2.05) is 6.07 Å². The zero-order chi connectivity index (χ0) is 10.7. The summed E-state index contributed by atoms with van der Waals surface area (Å²) in [5, 5.41) is 1.26. The first-order valence-electron chi connectivity index (χ1n) is 5.71. The quantitative estimate of drug-likeness (QED) is 0.725. The van der Waals surface area contributed by atoms with Gasteiger partial charge in [-0.05, 0) is 18.0 Å². The number of benzene rings is 1. The molecule has 1 fully saturated rings. The van der Waals surface area contributed by atoms with Crippen LogP contribution in [-0.4, -0.2) is 21.5 Å². The monoisotopic (exact) mass is 222 g/mol. The SMILES string of the molecule is CCC1O[SiH](c2ccccc2)OC1CC. The van der Waals surface area contributed by atoms with Crippen molar-refractivity contribution in [1.29, 1.82) is 0 Å². The Kier molecular flexibility index (Phi) is 3.56. The van der Waals surface area contributed by atoms with Crippen molar-refractivity contribution >= 4 is 14.5 Å². The molecular weight excluding hydrogens is 204 g/mol. The third-order valence-corrected chi connectivity index (χ3v) is 5.01. The van der Waals surface area contributed by atoms with E-state index in [1.54, 1.807) is 0 Å². The van der Waals surface area contributed by atoms with Gasteiger partial charge in [-0.1, -0.05) is 44.2 Å². The number of hydrogen-bond acceptors (Lipinski definition) is 2. The van der Waals surface area contributed by atoms with E-state index < -0.39 is 9.28 Å². The molecule has 2 atom stereocenters. The molecule has 3 heteroatoms. The van der Waals surface area contributed by atoms with Crippen molar-refractivity contribution in [1.82, 2.24) is 0 Å². The third kappa shape index (κ3) is 2.30. The lowest BCUT2D eigenvalue weighted by Gasteiger charge is -2.12. The summed E-state index contributed by atoms with van der Waals surface area (Å²) in [6.45, 7) is 4.33. The van der Waals surface area contributed by atoms with Crippen LogP contribution in [0.5, 0.6) is 0 Å². The Morgan fingerprint density at radius 2 is 1.53 bits per heavy atom. The average Bonchev–Trinajstić information content (AvgIpc) is 2.73. The van der Waals surface area contributed by atoms with Crippen LogP contribution in [0.25, 0.3) is 0 Å². The lowest BCUT2D eigenvalue weighted by atomic mass is 10.1. The van der Waals surface area contributed by atoms with Crippen LogP contribution in [0.3, 0.4) is 0 Å². The molecule has 1 aromatic rings. The van der Waals surface area contributed by atoms with Crippen LogP contribution < -0.4 is 5.19 Å². The van der Waals surface area contributed by atoms with E-state index in [9.17, 15) is 0 Å². The predicted molar refractivity (Wildman–Crippen MR) is 63.6 cm³/mol. The maximum Gasteiger partial charge on any atom is 0.356 e. The molecule has 1 aliphatic heterocycles. The summed E-state index contributed by atoms with van der Waals surface area (Å²) in [5.41, 5.74) is 0. The van der Waals surface area contributed by atoms with Gasteiger partial charge in [0.2, 0.25) is 0 Å². The van der Waals surface area contributed by atoms with E-state index >= 15 is 0 Å². The van der Waals surface area contributed by atoms with Gasteiger partial charge in [0.1, 0.15) is 0 Å². The van der Waals surface area contributed by atoms with Crippen LogP contribution in [0, 0.1) is 0 Å². The molecule has 0 bridgehead atoms. The zero-order valence-electron chi connectivity index (χ0n) is 9.35. The van der Waals surface area contributed by atoms with Crippen LogP contribution in [0.2, 0.25) is 0 Å². The molecule has 2 unspecified atom stereocenters. The largest absolute Gasteiger partial charge is 0.388 e. The highest BCUT2D eigenvalue weighted by Crippen LogP contribution is 2.21. The highest BCUT2D eigenvalue weighted by Gasteiger charge is 2.35. The van der Waals surface area contributed by atoms with Gasteiger partial charge >= 0.3 is 9.28 Å². The molecule has 2 nitrogen and oxygen atoms in total. The number of rotatable bonds is 3. The normalized spacial score (nSPS) is 30.7. The fourth-order valence-electron chi connectivity index (χ4n) is 2.01. The smallest absolute Gasteiger partial charge is 0.356 e. The Morgan fingerprint density at radius 3 is 2.00 bits per heavy atom. The molecule has 0 aliphatic carbocycles. The Bertz CT molecular complexity index is 290. The molecule has 0 spiro atoms. The molecular formula is C12H18O2Si. The molecule has 1 heterocycles. The minimum atomic E-state index is -1.59. The minimum absolute atomic E-state index is 0.312. The summed E-state index contributed by atoms with van der Waals surface area (Å²) in [6.07, 6.45) is 2.72. The maximum atomic E-state index is 6.02. The van der Waals surface area contributed by atoms with Gasteiger partial charge in [-0.2, -0.15) is 0 Å². The van der Waals surface area contributed by atoms with Gasteiger partial charge in [0.05, 0.1) is 12.2 Å². The van der Waals surface area contributed by atoms with Crippen LogP contribution in [0.1, 0.15) is 26.7 Å². The fraction of sp³-hybridized carbons (Fsp3) is 0.500. The van der Waals surface area contributed by atoms with E-state index in [4.69, 9.17) is 8.85 Å². The second-order valence-electron chi connectivity index (χ2n) is 3.91. The molecule has 1 aromatic carbocycles. The van der Waals surface area contributed by atoms with Crippen LogP contribution >= 0.6 is 0 Å². The Balaban J connectivity index is 2.08. The fourth-order valence-corrected chi connectivity index (χ4v) is 4.30. The highest BCUT2D eigenvalue weighted by atomic mass is 28.3. The van der Waals surface area contributed by atoms with Crippen LogP contribution in [-0.2, 0) is 8.85 Å². The van der Waals surface area contributed by atoms with Gasteiger partial charge in [0, 0.05) is 0 Å². The zero-order valence-corrected chi connectivity index (χ0v) is 10.5. The van der Waals surface area contributed by atoms with Crippen molar-refractivity contribution in [3.8, 4) is 0 Å². The van der Waals surface area contributed by atoms with E-state index in [2.05, 4.69) is 38.1 Å². The topological polar surface area (TPSA) is 18.5 Å². The summed E-state index contributed by atoms with van der Waals surface area (Å²) < 4.78 is 12.0. The summed E-state index contributed by atoms with van der Waals surface area (Å²) in [7, 11) is -1.59. The molecule has 0 radical (unpaired) electrons. The Hall–Kier alpha value is -0.643. The average molecular weight is 222 g/mol. The lowest BCUT2D eigenvalue weighted by molar-refractivity contribution is 0.148. The minimum Gasteiger partial charge on any atom is -0.388 e. The van der Waals surface area contributed by atoms with Gasteiger partial charge in [0.15, 0.2) is 0 Å². The number of hydrogen-bond donors (Lipinski definition) is 0. The first-order valence-corrected chi connectivity index (χ1v) is 7.23. The predicted octanol–water partition coefficient (Wildman–Crippen LogP) is 1.72. The van der Waals surface area contributed by atoms with E-state index in [0.29, 0.717) is 12.2 Å². The van der Waals surface area contributed by atoms with Gasteiger partial charge in [0.25, 0.3) is 0 Å². The van der Waals surface area contributed by atoms with Crippen molar-refractivity contribution < 1.29 is 8.85 Å². The molecule has 0 saturated carbocycles. The van der Waals surface area contributed by atoms with Crippen LogP contribution in [0.4, 0.5) is 0 Å². The lowest BCUT2D eigenvalue weighted by Crippen LogP contribution is -2.32. The Labute approximate surface area is 93.1 Å². The molecule has 0 N–H and O–H groups in total. The van der Waals surface area contributed by atoms with Crippen LogP contribution in [0.15, 0.2) is 30.3 Å². The first-order chi connectivity index (χ1) is 7.35. The second-order valence-corrected chi connectivity index (χ2v) is 5.78. The molecule has 0 amide bonds. The van der Waals surface area contributed by atoms with Gasteiger partial charge in [-0.25, -0.2) is 0 Å². The van der Waals surface area contributed by atoms with Crippen molar-refractivity contribution in [3.63, 3.8) is 0 Å². The molecule has 2 rings (SSSR count). The van der Waals surface area contributed by atoms with Crippen molar-refractivity contribution in [3.05, 3.63) is 30.3 Å². The molecule has 15 heavy (non-hydrogen) atoms. The van der Waals surface area contributed by atoms with Gasteiger partial charge in [-0.15, -0.1) is 0 Å². The summed E-state index contributed by atoms with van der Waals surface area (Å²) >= 11 is 0. The molecule has 1 saturated heterocycles. The molecule has 0 aromatic heterocycles. The summed E-state index contributed by atoms with van der Waals surface area (Å²) in [5.74, 6) is 0. The standard InChI is InChI=1S/C12H18O2Si/c1-3-11-12(4-2)14-15(13-11)10-8-6-5-7-9-10/h5-9,11-12,15H,3-4H2,1-2H3. The third-order valence-electron chi connectivity index (χ3n) is 2.89. The van der Waals surface area contributed by atoms with Gasteiger partial charge < -0.3 is 8.85 Å². The molecule has 1 aliphatic rings. The molecule has 82 valence electrons. The maximum absolute atomic E-state index is 6.02. The van der Waals surface area contributed by atoms with E-state index in [1.165, 1.54) is 5.19 Å². The van der Waals surface area contributed by atoms with Gasteiger partial charge in [-0.3, -0.25) is 0 Å². The Morgan fingerprint density at radius 1 is 1.00 bits per heavy atom. The van der Waals surface area contributed by atoms with Crippen molar-refractivity contribution in [2.24, 2.45) is 0 Å². The summed E-state index contributed by atoms with van der Waals surface area (Å²) in [4.78, 5) is 0.